The molecule has 1 atom stereocenters. The van der Waals surface area contributed by atoms with Crippen molar-refractivity contribution in [2.24, 2.45) is 0 Å². The Kier molecular flexibility index (Phi) is 4.09. The Hall–Kier alpha value is -2.54. The van der Waals surface area contributed by atoms with E-state index < -0.39 is 0 Å². The van der Waals surface area contributed by atoms with E-state index in [2.05, 4.69) is 10.1 Å². The quantitative estimate of drug-likeness (QED) is 0.714. The van der Waals surface area contributed by atoms with Gasteiger partial charge in [-0.05, 0) is 30.5 Å². The number of hydrogen-bond donors (Lipinski definition) is 0. The van der Waals surface area contributed by atoms with Gasteiger partial charge in [0.05, 0.1) is 6.42 Å². The van der Waals surface area contributed by atoms with Crippen LogP contribution in [-0.2, 0) is 11.2 Å². The molecule has 1 aromatic carbocycles. The van der Waals surface area contributed by atoms with Crippen LogP contribution in [0.4, 0.5) is 10.1 Å². The Morgan fingerprint density at radius 1 is 1.36 bits per heavy atom. The van der Waals surface area contributed by atoms with E-state index in [1.165, 1.54) is 6.07 Å². The van der Waals surface area contributed by atoms with Gasteiger partial charge in [0.1, 0.15) is 5.82 Å². The number of hydrogen-bond acceptors (Lipinski definition) is 5. The summed E-state index contributed by atoms with van der Waals surface area (Å²) in [5.74, 6) is 0.576. The molecule has 0 bridgehead atoms. The Bertz CT molecular complexity index is 907. The number of benzene rings is 1. The van der Waals surface area contributed by atoms with Crippen LogP contribution in [0, 0.1) is 12.7 Å². The highest BCUT2D eigenvalue weighted by Crippen LogP contribution is 2.33. The van der Waals surface area contributed by atoms with Gasteiger partial charge in [-0.15, -0.1) is 11.3 Å². The average Bonchev–Trinajstić information content (AvgIpc) is 3.32. The van der Waals surface area contributed by atoms with Gasteiger partial charge in [0.25, 0.3) is 0 Å². The van der Waals surface area contributed by atoms with Gasteiger partial charge in [-0.1, -0.05) is 17.3 Å². The Morgan fingerprint density at radius 3 is 3.04 bits per heavy atom. The molecule has 1 amide bonds. The minimum absolute atomic E-state index is 0.0525. The SMILES string of the molecule is Cc1c(F)cccc1N1CC(c2noc(Cc3cccs3)n2)CC1=O. The van der Waals surface area contributed by atoms with E-state index in [1.54, 1.807) is 35.3 Å². The first-order valence-corrected chi connectivity index (χ1v) is 8.90. The lowest BCUT2D eigenvalue weighted by atomic mass is 10.1. The molecule has 128 valence electrons. The van der Waals surface area contributed by atoms with Crippen LogP contribution in [0.1, 0.15) is 34.5 Å². The van der Waals surface area contributed by atoms with Crippen molar-refractivity contribution in [3.63, 3.8) is 0 Å². The summed E-state index contributed by atoms with van der Waals surface area (Å²) < 4.78 is 19.1. The summed E-state index contributed by atoms with van der Waals surface area (Å²) in [6.07, 6.45) is 0.895. The first-order chi connectivity index (χ1) is 12.1. The zero-order chi connectivity index (χ0) is 17.4. The van der Waals surface area contributed by atoms with Crippen LogP contribution in [0.5, 0.6) is 0 Å². The number of nitrogens with zero attached hydrogens (tertiary/aromatic N) is 3. The van der Waals surface area contributed by atoms with Crippen LogP contribution in [0.25, 0.3) is 0 Å². The van der Waals surface area contributed by atoms with Crippen molar-refractivity contribution in [1.29, 1.82) is 0 Å². The summed E-state index contributed by atoms with van der Waals surface area (Å²) in [6, 6.07) is 8.77. The van der Waals surface area contributed by atoms with Crippen molar-refractivity contribution >= 4 is 22.9 Å². The molecule has 7 heteroatoms. The van der Waals surface area contributed by atoms with Gasteiger partial charge in [0.15, 0.2) is 5.82 Å². The van der Waals surface area contributed by atoms with Crippen molar-refractivity contribution < 1.29 is 13.7 Å². The number of carbonyl (C=O) groups is 1. The zero-order valence-corrected chi connectivity index (χ0v) is 14.4. The van der Waals surface area contributed by atoms with Crippen LogP contribution in [0.2, 0.25) is 0 Å². The van der Waals surface area contributed by atoms with E-state index in [4.69, 9.17) is 4.52 Å². The molecule has 3 heterocycles. The van der Waals surface area contributed by atoms with E-state index in [0.717, 1.165) is 4.88 Å². The molecule has 0 aliphatic carbocycles. The standard InChI is InChI=1S/C18H16FN3O2S/c1-11-14(19)5-2-6-15(11)22-10-12(8-17(22)23)18-20-16(24-21-18)9-13-4-3-7-25-13/h2-7,12H,8-10H2,1H3. The number of aromatic nitrogens is 2. The van der Waals surface area contributed by atoms with Gasteiger partial charge >= 0.3 is 0 Å². The lowest BCUT2D eigenvalue weighted by Crippen LogP contribution is -2.25. The van der Waals surface area contributed by atoms with Crippen LogP contribution in [0.15, 0.2) is 40.2 Å². The number of halogens is 1. The van der Waals surface area contributed by atoms with E-state index >= 15 is 0 Å². The second-order valence-electron chi connectivity index (χ2n) is 6.09. The fraction of sp³-hybridized carbons (Fsp3) is 0.278. The molecule has 2 aromatic heterocycles. The van der Waals surface area contributed by atoms with Gasteiger partial charge in [0, 0.05) is 35.0 Å². The predicted octanol–water partition coefficient (Wildman–Crippen LogP) is 3.69. The largest absolute Gasteiger partial charge is 0.339 e. The molecule has 1 aliphatic heterocycles. The number of carbonyl (C=O) groups excluding carboxylic acids is 1. The second kappa shape index (κ2) is 6.40. The number of rotatable bonds is 4. The van der Waals surface area contributed by atoms with E-state index in [9.17, 15) is 9.18 Å². The molecule has 1 saturated heterocycles. The monoisotopic (exact) mass is 357 g/mol. The normalized spacial score (nSPS) is 17.4. The molecule has 1 unspecified atom stereocenters. The fourth-order valence-corrected chi connectivity index (χ4v) is 3.77. The lowest BCUT2D eigenvalue weighted by molar-refractivity contribution is -0.117. The average molecular weight is 357 g/mol. The Labute approximate surface area is 148 Å². The third kappa shape index (κ3) is 3.07. The fourth-order valence-electron chi connectivity index (χ4n) is 3.07. The molecule has 0 spiro atoms. The first-order valence-electron chi connectivity index (χ1n) is 8.02. The molecule has 1 aliphatic rings. The smallest absolute Gasteiger partial charge is 0.231 e. The van der Waals surface area contributed by atoms with Gasteiger partial charge in [0.2, 0.25) is 11.8 Å². The summed E-state index contributed by atoms with van der Waals surface area (Å²) in [7, 11) is 0. The van der Waals surface area contributed by atoms with Crippen LogP contribution < -0.4 is 4.90 Å². The van der Waals surface area contributed by atoms with Crippen LogP contribution in [-0.4, -0.2) is 22.6 Å². The highest BCUT2D eigenvalue weighted by Gasteiger charge is 2.35. The minimum Gasteiger partial charge on any atom is -0.339 e. The maximum Gasteiger partial charge on any atom is 0.231 e. The second-order valence-corrected chi connectivity index (χ2v) is 7.12. The molecular formula is C18H16FN3O2S. The van der Waals surface area contributed by atoms with Crippen molar-refractivity contribution in [3.8, 4) is 0 Å². The van der Waals surface area contributed by atoms with Crippen molar-refractivity contribution in [2.75, 3.05) is 11.4 Å². The van der Waals surface area contributed by atoms with Gasteiger partial charge in [-0.3, -0.25) is 4.79 Å². The molecule has 0 saturated carbocycles. The molecule has 0 radical (unpaired) electrons. The Balaban J connectivity index is 1.52. The minimum atomic E-state index is -0.313. The summed E-state index contributed by atoms with van der Waals surface area (Å²) in [5, 5.41) is 6.05. The van der Waals surface area contributed by atoms with Gasteiger partial charge in [-0.2, -0.15) is 4.98 Å². The third-order valence-electron chi connectivity index (χ3n) is 4.41. The summed E-state index contributed by atoms with van der Waals surface area (Å²) in [5.41, 5.74) is 1.08. The van der Waals surface area contributed by atoms with Crippen LogP contribution >= 0.6 is 11.3 Å². The molecule has 5 nitrogen and oxygen atoms in total. The zero-order valence-electron chi connectivity index (χ0n) is 13.6. The number of amides is 1. The Morgan fingerprint density at radius 2 is 2.24 bits per heavy atom. The topological polar surface area (TPSA) is 59.2 Å². The third-order valence-corrected chi connectivity index (χ3v) is 5.29. The van der Waals surface area contributed by atoms with Gasteiger partial charge < -0.3 is 9.42 Å². The summed E-state index contributed by atoms with van der Waals surface area (Å²) >= 11 is 1.63. The predicted molar refractivity (Wildman–Crippen MR) is 92.3 cm³/mol. The van der Waals surface area contributed by atoms with Crippen molar-refractivity contribution in [2.45, 2.75) is 25.7 Å². The van der Waals surface area contributed by atoms with E-state index in [-0.39, 0.29) is 17.6 Å². The van der Waals surface area contributed by atoms with Crippen molar-refractivity contribution in [1.82, 2.24) is 10.1 Å². The number of thiophene rings is 1. The molecule has 25 heavy (non-hydrogen) atoms. The molecule has 0 N–H and O–H groups in total. The maximum absolute atomic E-state index is 13.8. The highest BCUT2D eigenvalue weighted by atomic mass is 32.1. The summed E-state index contributed by atoms with van der Waals surface area (Å²) in [4.78, 5) is 19.6. The molecule has 3 aromatic rings. The van der Waals surface area contributed by atoms with Crippen molar-refractivity contribution in [3.05, 3.63) is 63.7 Å². The lowest BCUT2D eigenvalue weighted by Gasteiger charge is -2.18. The van der Waals surface area contributed by atoms with Gasteiger partial charge in [-0.25, -0.2) is 4.39 Å². The maximum atomic E-state index is 13.8. The summed E-state index contributed by atoms with van der Waals surface area (Å²) in [6.45, 7) is 2.11. The molecule has 1 fully saturated rings. The first kappa shape index (κ1) is 16.0. The molecule has 4 rings (SSSR count). The number of anilines is 1. The highest BCUT2D eigenvalue weighted by molar-refractivity contribution is 7.09. The van der Waals surface area contributed by atoms with E-state index in [1.807, 2.05) is 17.5 Å². The van der Waals surface area contributed by atoms with Crippen LogP contribution in [0.3, 0.4) is 0 Å². The molecular weight excluding hydrogens is 341 g/mol. The van der Waals surface area contributed by atoms with E-state index in [0.29, 0.717) is 42.4 Å².